The van der Waals surface area contributed by atoms with Gasteiger partial charge in [0, 0.05) is 5.57 Å². The van der Waals surface area contributed by atoms with Crippen LogP contribution in [0.25, 0.3) is 0 Å². The molecular formula is C10H16O2. The Kier molecular flexibility index (Phi) is 2.90. The fourth-order valence-corrected chi connectivity index (χ4v) is 1.30. The molecule has 0 unspecified atom stereocenters. The number of carbonyl (C=O) groups excluding carboxylic acids is 1. The highest BCUT2D eigenvalue weighted by Gasteiger charge is 2.22. The summed E-state index contributed by atoms with van der Waals surface area (Å²) < 4.78 is 4.99. The van der Waals surface area contributed by atoms with Crippen LogP contribution in [0.5, 0.6) is 0 Å². The van der Waals surface area contributed by atoms with Gasteiger partial charge in [-0.25, -0.2) is 4.79 Å². The highest BCUT2D eigenvalue weighted by Crippen LogP contribution is 2.21. The Morgan fingerprint density at radius 3 is 2.75 bits per heavy atom. The van der Waals surface area contributed by atoms with Gasteiger partial charge in [-0.05, 0) is 25.3 Å². The number of rotatable bonds is 3. The van der Waals surface area contributed by atoms with E-state index in [9.17, 15) is 4.79 Å². The van der Waals surface area contributed by atoms with Crippen molar-refractivity contribution in [1.29, 1.82) is 0 Å². The molecule has 68 valence electrons. The van der Waals surface area contributed by atoms with Gasteiger partial charge in [-0.3, -0.25) is 0 Å². The van der Waals surface area contributed by atoms with Crippen LogP contribution in [0.15, 0.2) is 11.6 Å². The zero-order chi connectivity index (χ0) is 9.14. The first-order valence-corrected chi connectivity index (χ1v) is 4.55. The molecule has 0 aromatic rings. The van der Waals surface area contributed by atoms with Crippen molar-refractivity contribution < 1.29 is 9.53 Å². The number of esters is 1. The van der Waals surface area contributed by atoms with Crippen LogP contribution >= 0.6 is 0 Å². The fourth-order valence-electron chi connectivity index (χ4n) is 1.30. The Morgan fingerprint density at radius 2 is 2.33 bits per heavy atom. The lowest BCUT2D eigenvalue weighted by Crippen LogP contribution is -2.05. The van der Waals surface area contributed by atoms with E-state index in [1.807, 2.05) is 13.0 Å². The van der Waals surface area contributed by atoms with Gasteiger partial charge in [-0.15, -0.1) is 0 Å². The summed E-state index contributed by atoms with van der Waals surface area (Å²) in [6, 6.07) is 0. The van der Waals surface area contributed by atoms with Crippen LogP contribution in [-0.2, 0) is 9.53 Å². The van der Waals surface area contributed by atoms with Crippen molar-refractivity contribution in [2.45, 2.75) is 39.7 Å². The summed E-state index contributed by atoms with van der Waals surface area (Å²) in [4.78, 5) is 11.1. The van der Waals surface area contributed by atoms with E-state index in [2.05, 4.69) is 13.8 Å². The fraction of sp³-hybridized carbons (Fsp3) is 0.700. The molecule has 0 aromatic carbocycles. The number of ether oxygens (including phenoxy) is 1. The molecule has 0 aliphatic carbocycles. The van der Waals surface area contributed by atoms with E-state index < -0.39 is 0 Å². The zero-order valence-electron chi connectivity index (χ0n) is 7.96. The molecule has 1 aliphatic rings. The van der Waals surface area contributed by atoms with Crippen LogP contribution < -0.4 is 0 Å². The van der Waals surface area contributed by atoms with Crippen LogP contribution in [-0.4, -0.2) is 12.1 Å². The normalized spacial score (nSPS) is 25.1. The Balaban J connectivity index is 2.52. The maximum atomic E-state index is 11.1. The second-order valence-electron chi connectivity index (χ2n) is 3.52. The lowest BCUT2D eigenvalue weighted by Gasteiger charge is -2.06. The van der Waals surface area contributed by atoms with Crippen molar-refractivity contribution in [1.82, 2.24) is 0 Å². The molecule has 0 bridgehead atoms. The largest absolute Gasteiger partial charge is 0.455 e. The lowest BCUT2D eigenvalue weighted by molar-refractivity contribution is -0.139. The zero-order valence-corrected chi connectivity index (χ0v) is 7.96. The summed E-state index contributed by atoms with van der Waals surface area (Å²) in [6.45, 7) is 6.17. The van der Waals surface area contributed by atoms with Crippen molar-refractivity contribution in [3.05, 3.63) is 11.6 Å². The smallest absolute Gasteiger partial charge is 0.334 e. The van der Waals surface area contributed by atoms with Crippen LogP contribution in [0, 0.1) is 5.92 Å². The summed E-state index contributed by atoms with van der Waals surface area (Å²) >= 11 is 0. The predicted octanol–water partition coefficient (Wildman–Crippen LogP) is 2.29. The minimum atomic E-state index is -0.122. The molecule has 0 aromatic heterocycles. The van der Waals surface area contributed by atoms with Crippen LogP contribution in [0.3, 0.4) is 0 Å². The van der Waals surface area contributed by atoms with Gasteiger partial charge in [-0.1, -0.05) is 20.3 Å². The maximum absolute atomic E-state index is 11.1. The van der Waals surface area contributed by atoms with Gasteiger partial charge in [0.15, 0.2) is 0 Å². The highest BCUT2D eigenvalue weighted by atomic mass is 16.5. The van der Waals surface area contributed by atoms with E-state index in [1.165, 1.54) is 0 Å². The van der Waals surface area contributed by atoms with Crippen LogP contribution in [0.1, 0.15) is 33.6 Å². The Bertz CT molecular complexity index is 206. The van der Waals surface area contributed by atoms with Gasteiger partial charge in [0.1, 0.15) is 6.10 Å². The monoisotopic (exact) mass is 168 g/mol. The minimum Gasteiger partial charge on any atom is -0.455 e. The van der Waals surface area contributed by atoms with E-state index in [-0.39, 0.29) is 12.1 Å². The van der Waals surface area contributed by atoms with Crippen LogP contribution in [0.2, 0.25) is 0 Å². The van der Waals surface area contributed by atoms with Gasteiger partial charge in [0.25, 0.3) is 0 Å². The first-order chi connectivity index (χ1) is 5.63. The number of cyclic esters (lactones) is 1. The van der Waals surface area contributed by atoms with Gasteiger partial charge in [-0.2, -0.15) is 0 Å². The average Bonchev–Trinajstić information content (AvgIpc) is 2.30. The van der Waals surface area contributed by atoms with E-state index in [0.717, 1.165) is 18.4 Å². The molecule has 0 N–H and O–H groups in total. The molecule has 1 heterocycles. The number of hydrogen-bond acceptors (Lipinski definition) is 2. The standard InChI is InChI=1S/C10H16O2/c1-4-7(2)5-9-6-8(3)12-10(9)11/h6-8H,4-5H2,1-3H3/t7-,8-/m0/s1. The topological polar surface area (TPSA) is 26.3 Å². The second-order valence-corrected chi connectivity index (χ2v) is 3.52. The van der Waals surface area contributed by atoms with E-state index >= 15 is 0 Å². The minimum absolute atomic E-state index is 0.0171. The quantitative estimate of drug-likeness (QED) is 0.604. The molecule has 0 spiro atoms. The van der Waals surface area contributed by atoms with E-state index in [0.29, 0.717) is 5.92 Å². The summed E-state index contributed by atoms with van der Waals surface area (Å²) in [6.07, 6.45) is 3.88. The number of hydrogen-bond donors (Lipinski definition) is 0. The second kappa shape index (κ2) is 3.74. The molecule has 1 rings (SSSR count). The van der Waals surface area contributed by atoms with E-state index in [1.54, 1.807) is 0 Å². The molecule has 0 saturated carbocycles. The van der Waals surface area contributed by atoms with Crippen molar-refractivity contribution in [2.24, 2.45) is 5.92 Å². The van der Waals surface area contributed by atoms with Gasteiger partial charge < -0.3 is 4.74 Å². The average molecular weight is 168 g/mol. The third-order valence-electron chi connectivity index (χ3n) is 2.26. The summed E-state index contributed by atoms with van der Waals surface area (Å²) in [7, 11) is 0. The molecule has 0 amide bonds. The van der Waals surface area contributed by atoms with Gasteiger partial charge in [0.05, 0.1) is 0 Å². The van der Waals surface area contributed by atoms with E-state index in [4.69, 9.17) is 4.74 Å². The Hall–Kier alpha value is -0.790. The third kappa shape index (κ3) is 2.10. The van der Waals surface area contributed by atoms with Crippen molar-refractivity contribution in [3.63, 3.8) is 0 Å². The number of carbonyl (C=O) groups is 1. The first-order valence-electron chi connectivity index (χ1n) is 4.55. The molecule has 2 heteroatoms. The molecular weight excluding hydrogens is 152 g/mol. The summed E-state index contributed by atoms with van der Waals surface area (Å²) in [5.74, 6) is 0.455. The summed E-state index contributed by atoms with van der Waals surface area (Å²) in [5, 5.41) is 0. The van der Waals surface area contributed by atoms with Gasteiger partial charge in [0.2, 0.25) is 0 Å². The maximum Gasteiger partial charge on any atom is 0.334 e. The SMILES string of the molecule is CC[C@H](C)CC1=C[C@H](C)OC1=O. The first kappa shape index (κ1) is 9.30. The lowest BCUT2D eigenvalue weighted by atomic mass is 9.99. The Labute approximate surface area is 73.6 Å². The van der Waals surface area contributed by atoms with Crippen molar-refractivity contribution in [2.75, 3.05) is 0 Å². The molecule has 2 atom stereocenters. The highest BCUT2D eigenvalue weighted by molar-refractivity contribution is 5.90. The predicted molar refractivity (Wildman–Crippen MR) is 47.7 cm³/mol. The molecule has 12 heavy (non-hydrogen) atoms. The molecule has 0 radical (unpaired) electrons. The third-order valence-corrected chi connectivity index (χ3v) is 2.26. The molecule has 1 aliphatic heterocycles. The molecule has 0 saturated heterocycles. The molecule has 0 fully saturated rings. The molecule has 2 nitrogen and oxygen atoms in total. The van der Waals surface area contributed by atoms with Gasteiger partial charge >= 0.3 is 5.97 Å². The Morgan fingerprint density at radius 1 is 1.67 bits per heavy atom. The van der Waals surface area contributed by atoms with Crippen molar-refractivity contribution >= 4 is 5.97 Å². The van der Waals surface area contributed by atoms with Crippen molar-refractivity contribution in [3.8, 4) is 0 Å². The summed E-state index contributed by atoms with van der Waals surface area (Å²) in [5.41, 5.74) is 0.858. The van der Waals surface area contributed by atoms with Crippen LogP contribution in [0.4, 0.5) is 0 Å².